The van der Waals surface area contributed by atoms with Gasteiger partial charge in [-0.05, 0) is 42.3 Å². The summed E-state index contributed by atoms with van der Waals surface area (Å²) in [5.41, 5.74) is 2.03. The predicted octanol–water partition coefficient (Wildman–Crippen LogP) is 2.18. The molecule has 0 spiro atoms. The predicted molar refractivity (Wildman–Crippen MR) is 84.6 cm³/mol. The van der Waals surface area contributed by atoms with Gasteiger partial charge in [-0.2, -0.15) is 15.4 Å². The molecule has 1 aromatic heterocycles. The number of halogens is 2. The number of carbonyl (C=O) groups excluding carboxylic acids is 1. The highest BCUT2D eigenvalue weighted by atomic mass is 19.2. The third kappa shape index (κ3) is 2.74. The molecule has 128 valence electrons. The van der Waals surface area contributed by atoms with Crippen LogP contribution in [0.1, 0.15) is 28.4 Å². The molecule has 4 rings (SSSR count). The number of benzene rings is 2. The molecule has 0 unspecified atom stereocenters. The van der Waals surface area contributed by atoms with E-state index in [2.05, 4.69) is 15.4 Å². The van der Waals surface area contributed by atoms with Crippen molar-refractivity contribution in [2.75, 3.05) is 6.54 Å². The van der Waals surface area contributed by atoms with E-state index in [1.807, 2.05) is 0 Å². The third-order valence-electron chi connectivity index (χ3n) is 4.43. The summed E-state index contributed by atoms with van der Waals surface area (Å²) >= 11 is 0. The topological polar surface area (TPSA) is 82.1 Å². The standard InChI is InChI=1S/C17H14F2N4O2/c18-12-3-1-9(5-13(12)19)16-7-11(24)8-23(16)17(25)10-2-4-14-15(6-10)21-22-20-14/h1-6,11,16,24H,7-8H2,(H,20,21,22)/t11-,16+/m0/s1. The molecule has 1 aliphatic rings. The molecular weight excluding hydrogens is 330 g/mol. The quantitative estimate of drug-likeness (QED) is 0.747. The van der Waals surface area contributed by atoms with Gasteiger partial charge in [-0.3, -0.25) is 4.79 Å². The molecule has 1 amide bonds. The second-order valence-corrected chi connectivity index (χ2v) is 6.06. The summed E-state index contributed by atoms with van der Waals surface area (Å²) < 4.78 is 26.7. The first-order valence-electron chi connectivity index (χ1n) is 7.77. The van der Waals surface area contributed by atoms with Crippen LogP contribution in [0, 0.1) is 11.6 Å². The first-order chi connectivity index (χ1) is 12.0. The summed E-state index contributed by atoms with van der Waals surface area (Å²) in [7, 11) is 0. The Morgan fingerprint density at radius 1 is 1.12 bits per heavy atom. The van der Waals surface area contributed by atoms with Crippen LogP contribution in [0.2, 0.25) is 0 Å². The minimum absolute atomic E-state index is 0.124. The van der Waals surface area contributed by atoms with Crippen molar-refractivity contribution in [3.63, 3.8) is 0 Å². The minimum atomic E-state index is -0.977. The van der Waals surface area contributed by atoms with Crippen molar-refractivity contribution in [3.05, 3.63) is 59.2 Å². The molecular formula is C17H14F2N4O2. The van der Waals surface area contributed by atoms with E-state index in [0.717, 1.165) is 12.1 Å². The molecule has 2 heterocycles. The van der Waals surface area contributed by atoms with E-state index < -0.39 is 23.8 Å². The van der Waals surface area contributed by atoms with Crippen molar-refractivity contribution in [1.82, 2.24) is 20.3 Å². The zero-order valence-corrected chi connectivity index (χ0v) is 13.0. The number of likely N-dealkylation sites (tertiary alicyclic amines) is 1. The fourth-order valence-corrected chi connectivity index (χ4v) is 3.21. The Morgan fingerprint density at radius 2 is 1.92 bits per heavy atom. The molecule has 2 atom stereocenters. The average molecular weight is 344 g/mol. The fourth-order valence-electron chi connectivity index (χ4n) is 3.21. The lowest BCUT2D eigenvalue weighted by Crippen LogP contribution is -2.31. The lowest BCUT2D eigenvalue weighted by Gasteiger charge is -2.25. The molecule has 3 aromatic rings. The Kier molecular flexibility index (Phi) is 3.69. The van der Waals surface area contributed by atoms with Crippen molar-refractivity contribution in [2.24, 2.45) is 0 Å². The minimum Gasteiger partial charge on any atom is -0.391 e. The fraction of sp³-hybridized carbons (Fsp3) is 0.235. The smallest absolute Gasteiger partial charge is 0.254 e. The van der Waals surface area contributed by atoms with E-state index in [9.17, 15) is 18.7 Å². The summed E-state index contributed by atoms with van der Waals surface area (Å²) in [6.07, 6.45) is -0.457. The van der Waals surface area contributed by atoms with Gasteiger partial charge < -0.3 is 10.0 Å². The second kappa shape index (κ2) is 5.89. The van der Waals surface area contributed by atoms with Crippen molar-refractivity contribution in [2.45, 2.75) is 18.6 Å². The van der Waals surface area contributed by atoms with E-state index >= 15 is 0 Å². The van der Waals surface area contributed by atoms with Gasteiger partial charge in [0.2, 0.25) is 0 Å². The number of H-pyrrole nitrogens is 1. The van der Waals surface area contributed by atoms with Gasteiger partial charge in [0.1, 0.15) is 11.0 Å². The van der Waals surface area contributed by atoms with Gasteiger partial charge in [-0.15, -0.1) is 0 Å². The van der Waals surface area contributed by atoms with E-state index in [4.69, 9.17) is 0 Å². The number of aromatic amines is 1. The largest absolute Gasteiger partial charge is 0.391 e. The van der Waals surface area contributed by atoms with E-state index in [-0.39, 0.29) is 18.9 Å². The number of fused-ring (bicyclic) bond motifs is 1. The number of hydrogen-bond acceptors (Lipinski definition) is 4. The Bertz CT molecular complexity index is 959. The summed E-state index contributed by atoms with van der Waals surface area (Å²) in [6.45, 7) is 0.124. The number of aliphatic hydroxyl groups excluding tert-OH is 1. The number of aliphatic hydroxyl groups is 1. The normalized spacial score (nSPS) is 20.4. The van der Waals surface area contributed by atoms with E-state index in [1.54, 1.807) is 18.2 Å². The Morgan fingerprint density at radius 3 is 2.72 bits per heavy atom. The highest BCUT2D eigenvalue weighted by molar-refractivity contribution is 5.97. The number of hydrogen-bond donors (Lipinski definition) is 2. The van der Waals surface area contributed by atoms with Crippen LogP contribution >= 0.6 is 0 Å². The van der Waals surface area contributed by atoms with Gasteiger partial charge in [0.15, 0.2) is 11.6 Å². The average Bonchev–Trinajstić information content (AvgIpc) is 3.22. The molecule has 0 bridgehead atoms. The maximum Gasteiger partial charge on any atom is 0.254 e. The van der Waals surface area contributed by atoms with Crippen LogP contribution in [0.25, 0.3) is 11.0 Å². The number of β-amino-alcohol motifs (C(OH)–C–C–N with tert-alkyl or cyclic N) is 1. The Balaban J connectivity index is 1.68. The molecule has 0 saturated carbocycles. The maximum absolute atomic E-state index is 13.6. The van der Waals surface area contributed by atoms with E-state index in [1.165, 1.54) is 11.0 Å². The van der Waals surface area contributed by atoms with Crippen LogP contribution in [0.5, 0.6) is 0 Å². The van der Waals surface area contributed by atoms with Gasteiger partial charge in [-0.25, -0.2) is 8.78 Å². The molecule has 6 nitrogen and oxygen atoms in total. The number of rotatable bonds is 2. The Hall–Kier alpha value is -2.87. The van der Waals surface area contributed by atoms with Gasteiger partial charge in [0.05, 0.1) is 12.1 Å². The second-order valence-electron chi connectivity index (χ2n) is 6.06. The SMILES string of the molecule is O=C(c1ccc2n[nH]nc2c1)N1C[C@@H](O)C[C@@H]1c1ccc(F)c(F)c1. The lowest BCUT2D eigenvalue weighted by molar-refractivity contribution is 0.0715. The van der Waals surface area contributed by atoms with Crippen LogP contribution in [0.4, 0.5) is 8.78 Å². The molecule has 8 heteroatoms. The lowest BCUT2D eigenvalue weighted by atomic mass is 10.0. The zero-order valence-electron chi connectivity index (χ0n) is 13.0. The van der Waals surface area contributed by atoms with Gasteiger partial charge in [-0.1, -0.05) is 6.07 Å². The molecule has 1 fully saturated rings. The summed E-state index contributed by atoms with van der Waals surface area (Å²) in [5, 5.41) is 20.4. The number of nitrogens with one attached hydrogen (secondary N) is 1. The van der Waals surface area contributed by atoms with Crippen molar-refractivity contribution < 1.29 is 18.7 Å². The number of nitrogens with zero attached hydrogens (tertiary/aromatic N) is 3. The summed E-state index contributed by atoms with van der Waals surface area (Å²) in [4.78, 5) is 14.4. The molecule has 1 saturated heterocycles. The van der Waals surface area contributed by atoms with E-state index in [0.29, 0.717) is 22.2 Å². The first kappa shape index (κ1) is 15.6. The molecule has 1 aliphatic heterocycles. The molecule has 25 heavy (non-hydrogen) atoms. The monoisotopic (exact) mass is 344 g/mol. The molecule has 2 aromatic carbocycles. The maximum atomic E-state index is 13.6. The van der Waals surface area contributed by atoms with Crippen LogP contribution in [-0.4, -0.2) is 44.0 Å². The van der Waals surface area contributed by atoms with Crippen molar-refractivity contribution >= 4 is 16.9 Å². The van der Waals surface area contributed by atoms with Gasteiger partial charge in [0.25, 0.3) is 5.91 Å². The van der Waals surface area contributed by atoms with Crippen LogP contribution in [0.15, 0.2) is 36.4 Å². The van der Waals surface area contributed by atoms with Crippen LogP contribution < -0.4 is 0 Å². The van der Waals surface area contributed by atoms with Crippen molar-refractivity contribution in [3.8, 4) is 0 Å². The number of carbonyl (C=O) groups is 1. The van der Waals surface area contributed by atoms with Gasteiger partial charge >= 0.3 is 0 Å². The zero-order chi connectivity index (χ0) is 17.6. The number of aromatic nitrogens is 3. The van der Waals surface area contributed by atoms with Gasteiger partial charge in [0, 0.05) is 12.1 Å². The molecule has 2 N–H and O–H groups in total. The van der Waals surface area contributed by atoms with Crippen LogP contribution in [-0.2, 0) is 0 Å². The third-order valence-corrected chi connectivity index (χ3v) is 4.43. The first-order valence-corrected chi connectivity index (χ1v) is 7.77. The molecule has 0 radical (unpaired) electrons. The highest BCUT2D eigenvalue weighted by Gasteiger charge is 2.36. The summed E-state index contributed by atoms with van der Waals surface area (Å²) in [6, 6.07) is 7.91. The summed E-state index contributed by atoms with van der Waals surface area (Å²) in [5.74, 6) is -2.23. The van der Waals surface area contributed by atoms with Crippen molar-refractivity contribution in [1.29, 1.82) is 0 Å². The Labute approximate surface area is 141 Å². The highest BCUT2D eigenvalue weighted by Crippen LogP contribution is 2.34. The molecule has 0 aliphatic carbocycles. The number of amides is 1. The van der Waals surface area contributed by atoms with Crippen LogP contribution in [0.3, 0.4) is 0 Å².